The quantitative estimate of drug-likeness (QED) is 0.643. The molecule has 1 fully saturated rings. The van der Waals surface area contributed by atoms with E-state index in [4.69, 9.17) is 0 Å². The number of carbonyl (C=O) groups is 1. The third-order valence-electron chi connectivity index (χ3n) is 2.75. The molecule has 0 N–H and O–H groups in total. The number of carbonyl (C=O) groups excluding carboxylic acids is 1. The van der Waals surface area contributed by atoms with Gasteiger partial charge in [0.1, 0.15) is 0 Å². The van der Waals surface area contributed by atoms with Crippen molar-refractivity contribution in [3.63, 3.8) is 0 Å². The minimum atomic E-state index is -0.132. The Kier molecular flexibility index (Phi) is 3.13. The molecule has 0 aromatic heterocycles. The molecular weight excluding hydrogens is 198 g/mol. The van der Waals surface area contributed by atoms with Gasteiger partial charge in [-0.2, -0.15) is 0 Å². The molecule has 14 heavy (non-hydrogen) atoms. The molecule has 3 nitrogen and oxygen atoms in total. The first-order valence-corrected chi connectivity index (χ1v) is 5.90. The summed E-state index contributed by atoms with van der Waals surface area (Å²) < 4.78 is 4.66. The number of fused-ring (bicyclic) bond motifs is 1. The summed E-state index contributed by atoms with van der Waals surface area (Å²) in [5, 5.41) is 0. The van der Waals surface area contributed by atoms with Gasteiger partial charge in [-0.3, -0.25) is 9.69 Å². The molecule has 4 heteroatoms. The van der Waals surface area contributed by atoms with Gasteiger partial charge in [0, 0.05) is 19.0 Å². The average Bonchev–Trinajstić information content (AvgIpc) is 2.64. The van der Waals surface area contributed by atoms with E-state index in [1.807, 2.05) is 11.8 Å². The topological polar surface area (TPSA) is 29.5 Å². The van der Waals surface area contributed by atoms with Crippen LogP contribution in [0.5, 0.6) is 0 Å². The van der Waals surface area contributed by atoms with Gasteiger partial charge in [0.05, 0.1) is 13.7 Å². The normalized spacial score (nSPS) is 26.9. The van der Waals surface area contributed by atoms with Crippen molar-refractivity contribution in [3.8, 4) is 0 Å². The van der Waals surface area contributed by atoms with E-state index in [1.165, 1.54) is 24.2 Å². The van der Waals surface area contributed by atoms with Crippen LogP contribution in [0.2, 0.25) is 0 Å². The third kappa shape index (κ3) is 2.12. The van der Waals surface area contributed by atoms with Gasteiger partial charge >= 0.3 is 5.97 Å². The van der Waals surface area contributed by atoms with E-state index >= 15 is 0 Å². The molecule has 0 bridgehead atoms. The van der Waals surface area contributed by atoms with Crippen molar-refractivity contribution >= 4 is 17.7 Å². The molecule has 0 aromatic rings. The molecule has 1 atom stereocenters. The highest BCUT2D eigenvalue weighted by atomic mass is 32.2. The molecular formula is C10H15NO2S. The number of esters is 1. The van der Waals surface area contributed by atoms with Crippen molar-refractivity contribution in [2.75, 3.05) is 32.5 Å². The highest BCUT2D eigenvalue weighted by Gasteiger charge is 2.27. The van der Waals surface area contributed by atoms with Gasteiger partial charge in [-0.05, 0) is 17.1 Å². The van der Waals surface area contributed by atoms with Crippen molar-refractivity contribution in [2.45, 2.75) is 6.42 Å². The Hall–Kier alpha value is -0.480. The first kappa shape index (κ1) is 10.1. The predicted molar refractivity (Wildman–Crippen MR) is 57.1 cm³/mol. The predicted octanol–water partition coefficient (Wildman–Crippen LogP) is 1.11. The zero-order valence-corrected chi connectivity index (χ0v) is 9.18. The van der Waals surface area contributed by atoms with Gasteiger partial charge in [-0.1, -0.05) is 6.08 Å². The number of ether oxygens (including phenoxy) is 1. The Morgan fingerprint density at radius 3 is 3.43 bits per heavy atom. The number of rotatable bonds is 2. The maximum Gasteiger partial charge on any atom is 0.319 e. The summed E-state index contributed by atoms with van der Waals surface area (Å²) >= 11 is 1.97. The van der Waals surface area contributed by atoms with Gasteiger partial charge < -0.3 is 4.74 Å². The lowest BCUT2D eigenvalue weighted by atomic mass is 10.0. The number of thioether (sulfide) groups is 1. The fraction of sp³-hybridized carbons (Fsp3) is 0.700. The molecule has 2 aliphatic heterocycles. The molecule has 0 amide bonds. The monoisotopic (exact) mass is 213 g/mol. The van der Waals surface area contributed by atoms with E-state index in [0.717, 1.165) is 13.1 Å². The van der Waals surface area contributed by atoms with E-state index in [1.54, 1.807) is 0 Å². The fourth-order valence-corrected chi connectivity index (χ4v) is 3.23. The van der Waals surface area contributed by atoms with Crippen molar-refractivity contribution < 1.29 is 9.53 Å². The lowest BCUT2D eigenvalue weighted by Crippen LogP contribution is -2.37. The van der Waals surface area contributed by atoms with Crippen molar-refractivity contribution in [1.29, 1.82) is 0 Å². The molecule has 2 aliphatic rings. The maximum atomic E-state index is 11.1. The van der Waals surface area contributed by atoms with Crippen molar-refractivity contribution in [2.24, 2.45) is 5.92 Å². The molecule has 0 saturated carbocycles. The molecule has 1 saturated heterocycles. The largest absolute Gasteiger partial charge is 0.468 e. The number of hydrogen-bond acceptors (Lipinski definition) is 4. The van der Waals surface area contributed by atoms with Crippen LogP contribution in [0.25, 0.3) is 0 Å². The summed E-state index contributed by atoms with van der Waals surface area (Å²) in [5.41, 5.74) is 0. The smallest absolute Gasteiger partial charge is 0.319 e. The van der Waals surface area contributed by atoms with Crippen LogP contribution in [0.1, 0.15) is 6.42 Å². The van der Waals surface area contributed by atoms with Crippen LogP contribution in [0.3, 0.4) is 0 Å². The second-order valence-electron chi connectivity index (χ2n) is 3.71. The third-order valence-corrected chi connectivity index (χ3v) is 4.02. The summed E-state index contributed by atoms with van der Waals surface area (Å²) in [4.78, 5) is 14.8. The Labute approximate surface area is 88.5 Å². The highest BCUT2D eigenvalue weighted by Crippen LogP contribution is 2.38. The molecule has 0 radical (unpaired) electrons. The van der Waals surface area contributed by atoms with Crippen molar-refractivity contribution in [3.05, 3.63) is 11.0 Å². The molecule has 78 valence electrons. The van der Waals surface area contributed by atoms with Crippen LogP contribution in [-0.2, 0) is 9.53 Å². The second-order valence-corrected chi connectivity index (χ2v) is 4.88. The van der Waals surface area contributed by atoms with Crippen LogP contribution < -0.4 is 0 Å². The standard InChI is InChI=1S/C10H15NO2S/c1-13-10(12)7-11-4-2-9-8(6-11)3-5-14-9/h2,8H,3-7H2,1H3. The van der Waals surface area contributed by atoms with Gasteiger partial charge in [0.25, 0.3) is 0 Å². The van der Waals surface area contributed by atoms with Crippen molar-refractivity contribution in [1.82, 2.24) is 4.90 Å². The van der Waals surface area contributed by atoms with Gasteiger partial charge in [0.2, 0.25) is 0 Å². The second kappa shape index (κ2) is 4.36. The van der Waals surface area contributed by atoms with Gasteiger partial charge in [-0.15, -0.1) is 11.8 Å². The summed E-state index contributed by atoms with van der Waals surface area (Å²) in [5.74, 6) is 1.79. The summed E-state index contributed by atoms with van der Waals surface area (Å²) in [6.07, 6.45) is 3.52. The molecule has 0 aromatic carbocycles. The first-order valence-electron chi connectivity index (χ1n) is 4.91. The first-order chi connectivity index (χ1) is 6.79. The van der Waals surface area contributed by atoms with Crippen LogP contribution in [0.4, 0.5) is 0 Å². The molecule has 2 rings (SSSR count). The van der Waals surface area contributed by atoms with Gasteiger partial charge in [0.15, 0.2) is 0 Å². The minimum absolute atomic E-state index is 0.132. The lowest BCUT2D eigenvalue weighted by Gasteiger charge is -2.27. The Morgan fingerprint density at radius 1 is 1.79 bits per heavy atom. The summed E-state index contributed by atoms with van der Waals surface area (Å²) in [7, 11) is 1.44. The van der Waals surface area contributed by atoms with E-state index in [9.17, 15) is 4.79 Å². The van der Waals surface area contributed by atoms with E-state index in [2.05, 4.69) is 15.7 Å². The Morgan fingerprint density at radius 2 is 2.64 bits per heavy atom. The van der Waals surface area contributed by atoms with Crippen LogP contribution >= 0.6 is 11.8 Å². The Bertz CT molecular complexity index is 265. The highest BCUT2D eigenvalue weighted by molar-refractivity contribution is 8.03. The fourth-order valence-electron chi connectivity index (χ4n) is 1.97. The SMILES string of the molecule is COC(=O)CN1CC=C2SCCC2C1. The Balaban J connectivity index is 1.90. The molecule has 0 aliphatic carbocycles. The zero-order chi connectivity index (χ0) is 9.97. The van der Waals surface area contributed by atoms with Crippen LogP contribution in [0.15, 0.2) is 11.0 Å². The maximum absolute atomic E-state index is 11.1. The molecule has 0 spiro atoms. The van der Waals surface area contributed by atoms with E-state index < -0.39 is 0 Å². The van der Waals surface area contributed by atoms with Crippen LogP contribution in [-0.4, -0.2) is 43.4 Å². The van der Waals surface area contributed by atoms with Crippen LogP contribution in [0, 0.1) is 5.92 Å². The molecule has 1 unspecified atom stereocenters. The average molecular weight is 213 g/mol. The van der Waals surface area contributed by atoms with E-state index in [-0.39, 0.29) is 5.97 Å². The minimum Gasteiger partial charge on any atom is -0.468 e. The van der Waals surface area contributed by atoms with E-state index in [0.29, 0.717) is 12.5 Å². The number of methoxy groups -OCH3 is 1. The number of hydrogen-bond donors (Lipinski definition) is 0. The molecule has 2 heterocycles. The van der Waals surface area contributed by atoms with Gasteiger partial charge in [-0.25, -0.2) is 0 Å². The summed E-state index contributed by atoms with van der Waals surface area (Å²) in [6, 6.07) is 0. The zero-order valence-electron chi connectivity index (χ0n) is 8.36. The number of nitrogens with zero attached hydrogens (tertiary/aromatic N) is 1. The lowest BCUT2D eigenvalue weighted by molar-refractivity contribution is -0.141. The summed E-state index contributed by atoms with van der Waals surface area (Å²) in [6.45, 7) is 2.35.